The highest BCUT2D eigenvalue weighted by Crippen LogP contribution is 2.24. The summed E-state index contributed by atoms with van der Waals surface area (Å²) in [5, 5.41) is 0. The predicted molar refractivity (Wildman–Crippen MR) is 94.5 cm³/mol. The molecular weight excluding hydrogens is 284 g/mol. The minimum Gasteiger partial charge on any atom is -0.336 e. The first-order chi connectivity index (χ1) is 11.3. The van der Waals surface area contributed by atoms with Gasteiger partial charge in [-0.05, 0) is 63.4 Å². The van der Waals surface area contributed by atoms with Crippen LogP contribution in [-0.4, -0.2) is 41.4 Å². The third-order valence-electron chi connectivity index (χ3n) is 5.40. The Labute approximate surface area is 140 Å². The maximum Gasteiger partial charge on any atom is 0.254 e. The van der Waals surface area contributed by atoms with Gasteiger partial charge >= 0.3 is 0 Å². The molecule has 0 radical (unpaired) electrons. The second-order valence-corrected chi connectivity index (χ2v) is 7.07. The van der Waals surface area contributed by atoms with E-state index in [1.54, 1.807) is 0 Å². The van der Waals surface area contributed by atoms with E-state index in [0.29, 0.717) is 6.04 Å². The lowest BCUT2D eigenvalue weighted by Crippen LogP contribution is -2.41. The van der Waals surface area contributed by atoms with Crippen molar-refractivity contribution in [1.82, 2.24) is 9.80 Å². The summed E-state index contributed by atoms with van der Waals surface area (Å²) in [4.78, 5) is 17.6. The van der Waals surface area contributed by atoms with Gasteiger partial charge < -0.3 is 4.90 Å². The van der Waals surface area contributed by atoms with Crippen LogP contribution in [0.25, 0.3) is 0 Å². The smallest absolute Gasteiger partial charge is 0.254 e. The number of hydrogen-bond donors (Lipinski definition) is 0. The van der Waals surface area contributed by atoms with Gasteiger partial charge in [-0.1, -0.05) is 31.4 Å². The van der Waals surface area contributed by atoms with Crippen LogP contribution in [0.4, 0.5) is 0 Å². The number of hydrogen-bond acceptors (Lipinski definition) is 2. The van der Waals surface area contributed by atoms with E-state index < -0.39 is 0 Å². The van der Waals surface area contributed by atoms with E-state index in [4.69, 9.17) is 0 Å². The molecule has 3 rings (SSSR count). The Kier molecular flexibility index (Phi) is 5.71. The summed E-state index contributed by atoms with van der Waals surface area (Å²) in [5.74, 6) is 0.225. The van der Waals surface area contributed by atoms with Gasteiger partial charge in [0.05, 0.1) is 0 Å². The fourth-order valence-electron chi connectivity index (χ4n) is 4.13. The monoisotopic (exact) mass is 314 g/mol. The van der Waals surface area contributed by atoms with E-state index in [-0.39, 0.29) is 5.91 Å². The van der Waals surface area contributed by atoms with Gasteiger partial charge in [-0.25, -0.2) is 0 Å². The molecule has 0 aromatic heterocycles. The van der Waals surface area contributed by atoms with Gasteiger partial charge in [-0.15, -0.1) is 0 Å². The van der Waals surface area contributed by atoms with Crippen LogP contribution in [0.5, 0.6) is 0 Å². The van der Waals surface area contributed by atoms with Crippen molar-refractivity contribution in [1.29, 1.82) is 0 Å². The molecule has 1 amide bonds. The number of likely N-dealkylation sites (tertiary alicyclic amines) is 1. The van der Waals surface area contributed by atoms with Crippen LogP contribution < -0.4 is 0 Å². The Hall–Kier alpha value is -1.35. The first-order valence-corrected chi connectivity index (χ1v) is 9.40. The second kappa shape index (κ2) is 7.96. The average Bonchev–Trinajstić information content (AvgIpc) is 3.10. The van der Waals surface area contributed by atoms with Crippen molar-refractivity contribution >= 4 is 5.91 Å². The summed E-state index contributed by atoms with van der Waals surface area (Å²) in [6.07, 6.45) is 8.83. The lowest BCUT2D eigenvalue weighted by molar-refractivity contribution is 0.0648. The van der Waals surface area contributed by atoms with Crippen molar-refractivity contribution in [2.45, 2.75) is 64.5 Å². The van der Waals surface area contributed by atoms with Gasteiger partial charge in [0.25, 0.3) is 5.91 Å². The molecule has 0 spiro atoms. The zero-order valence-electron chi connectivity index (χ0n) is 14.5. The van der Waals surface area contributed by atoms with Gasteiger partial charge in [0.1, 0.15) is 0 Å². The van der Waals surface area contributed by atoms with Crippen LogP contribution in [-0.2, 0) is 6.54 Å². The Morgan fingerprint density at radius 1 is 1.13 bits per heavy atom. The molecular formula is C20H30N2O. The van der Waals surface area contributed by atoms with Gasteiger partial charge in [0.2, 0.25) is 0 Å². The molecule has 0 N–H and O–H groups in total. The summed E-state index contributed by atoms with van der Waals surface area (Å²) in [5.41, 5.74) is 2.14. The van der Waals surface area contributed by atoms with Crippen LogP contribution in [0.15, 0.2) is 24.3 Å². The Morgan fingerprint density at radius 2 is 1.87 bits per heavy atom. The van der Waals surface area contributed by atoms with Gasteiger partial charge in [-0.2, -0.15) is 0 Å². The standard InChI is InChI=1S/C20H30N2O/c1-2-22(19-11-4-3-5-12-19)20(23)18-10-8-9-17(15-18)16-21-13-6-7-14-21/h8-10,15,19H,2-7,11-14,16H2,1H3. The molecule has 1 aliphatic carbocycles. The predicted octanol–water partition coefficient (Wildman–Crippen LogP) is 4.08. The Bertz CT molecular complexity index is 516. The van der Waals surface area contributed by atoms with Gasteiger partial charge in [0.15, 0.2) is 0 Å². The molecule has 3 nitrogen and oxygen atoms in total. The number of nitrogens with zero attached hydrogens (tertiary/aromatic N) is 2. The molecule has 2 fully saturated rings. The first kappa shape index (κ1) is 16.5. The molecule has 126 valence electrons. The first-order valence-electron chi connectivity index (χ1n) is 9.40. The summed E-state index contributed by atoms with van der Waals surface area (Å²) in [6, 6.07) is 8.76. The molecule has 1 saturated heterocycles. The minimum absolute atomic E-state index is 0.225. The summed E-state index contributed by atoms with van der Waals surface area (Å²) >= 11 is 0. The maximum absolute atomic E-state index is 13.0. The van der Waals surface area contributed by atoms with E-state index in [1.165, 1.54) is 63.6 Å². The fourth-order valence-corrected chi connectivity index (χ4v) is 4.13. The molecule has 1 aromatic carbocycles. The SMILES string of the molecule is CCN(C(=O)c1cccc(CN2CCCC2)c1)C1CCCCC1. The number of carbonyl (C=O) groups is 1. The lowest BCUT2D eigenvalue weighted by atomic mass is 9.93. The van der Waals surface area contributed by atoms with Gasteiger partial charge in [-0.3, -0.25) is 9.69 Å². The van der Waals surface area contributed by atoms with Crippen molar-refractivity contribution in [2.24, 2.45) is 0 Å². The van der Waals surface area contributed by atoms with Crippen molar-refractivity contribution in [3.8, 4) is 0 Å². The van der Waals surface area contributed by atoms with Crippen molar-refractivity contribution in [3.05, 3.63) is 35.4 Å². The van der Waals surface area contributed by atoms with Crippen molar-refractivity contribution in [2.75, 3.05) is 19.6 Å². The molecule has 0 bridgehead atoms. The van der Waals surface area contributed by atoms with Crippen LogP contribution in [0, 0.1) is 0 Å². The minimum atomic E-state index is 0.225. The molecule has 1 aliphatic heterocycles. The van der Waals surface area contributed by atoms with Gasteiger partial charge in [0, 0.05) is 24.7 Å². The van der Waals surface area contributed by atoms with Crippen molar-refractivity contribution < 1.29 is 4.79 Å². The Balaban J connectivity index is 1.69. The van der Waals surface area contributed by atoms with Crippen LogP contribution in [0.1, 0.15) is 67.8 Å². The second-order valence-electron chi connectivity index (χ2n) is 7.07. The van der Waals surface area contributed by atoms with Crippen LogP contribution in [0.3, 0.4) is 0 Å². The van der Waals surface area contributed by atoms with E-state index in [2.05, 4.69) is 28.9 Å². The number of amides is 1. The van der Waals surface area contributed by atoms with E-state index in [0.717, 1.165) is 18.7 Å². The third kappa shape index (κ3) is 4.14. The quantitative estimate of drug-likeness (QED) is 0.817. The molecule has 1 aromatic rings. The number of rotatable bonds is 5. The van der Waals surface area contributed by atoms with Crippen LogP contribution >= 0.6 is 0 Å². The largest absolute Gasteiger partial charge is 0.336 e. The van der Waals surface area contributed by atoms with Crippen molar-refractivity contribution in [3.63, 3.8) is 0 Å². The summed E-state index contributed by atoms with van der Waals surface area (Å²) in [6.45, 7) is 6.31. The fraction of sp³-hybridized carbons (Fsp3) is 0.650. The van der Waals surface area contributed by atoms with E-state index in [9.17, 15) is 4.79 Å². The van der Waals surface area contributed by atoms with Crippen LogP contribution in [0.2, 0.25) is 0 Å². The van der Waals surface area contributed by atoms with E-state index in [1.807, 2.05) is 12.1 Å². The molecule has 23 heavy (non-hydrogen) atoms. The zero-order chi connectivity index (χ0) is 16.1. The highest BCUT2D eigenvalue weighted by Gasteiger charge is 2.25. The average molecular weight is 314 g/mol. The Morgan fingerprint density at radius 3 is 2.57 bits per heavy atom. The summed E-state index contributed by atoms with van der Waals surface area (Å²) < 4.78 is 0. The normalized spacial score (nSPS) is 19.9. The molecule has 3 heteroatoms. The van der Waals surface area contributed by atoms with E-state index >= 15 is 0 Å². The number of benzene rings is 1. The molecule has 2 aliphatic rings. The number of carbonyl (C=O) groups excluding carboxylic acids is 1. The molecule has 0 atom stereocenters. The maximum atomic E-state index is 13.0. The molecule has 0 unspecified atom stereocenters. The lowest BCUT2D eigenvalue weighted by Gasteiger charge is -2.33. The highest BCUT2D eigenvalue weighted by molar-refractivity contribution is 5.94. The topological polar surface area (TPSA) is 23.6 Å². The third-order valence-corrected chi connectivity index (χ3v) is 5.40. The summed E-state index contributed by atoms with van der Waals surface area (Å²) in [7, 11) is 0. The zero-order valence-corrected chi connectivity index (χ0v) is 14.5. The highest BCUT2D eigenvalue weighted by atomic mass is 16.2. The molecule has 1 saturated carbocycles. The molecule has 1 heterocycles.